The van der Waals surface area contributed by atoms with E-state index in [9.17, 15) is 18.0 Å². The molecule has 1 unspecified atom stereocenters. The lowest BCUT2D eigenvalue weighted by Crippen LogP contribution is -2.52. The zero-order valence-electron chi connectivity index (χ0n) is 16.2. The van der Waals surface area contributed by atoms with Crippen LogP contribution in [0.15, 0.2) is 0 Å². The van der Waals surface area contributed by atoms with Gasteiger partial charge in [0.15, 0.2) is 0 Å². The van der Waals surface area contributed by atoms with E-state index in [1.807, 2.05) is 20.8 Å². The smallest absolute Gasteiger partial charge is 0.410 e. The van der Waals surface area contributed by atoms with Gasteiger partial charge in [0.1, 0.15) is 5.60 Å². The van der Waals surface area contributed by atoms with Crippen molar-refractivity contribution in [2.45, 2.75) is 58.1 Å². The van der Waals surface area contributed by atoms with Crippen LogP contribution in [0.5, 0.6) is 0 Å². The normalized spacial score (nSPS) is 23.5. The van der Waals surface area contributed by atoms with E-state index in [0.717, 1.165) is 12.8 Å². The quantitative estimate of drug-likeness (QED) is 0.782. The topological polar surface area (TPSA) is 96.0 Å². The van der Waals surface area contributed by atoms with Gasteiger partial charge in [0, 0.05) is 38.1 Å². The number of hydrogen-bond donors (Lipinski definition) is 1. The number of carbonyl (C=O) groups excluding carboxylic acids is 2. The van der Waals surface area contributed by atoms with Gasteiger partial charge in [-0.3, -0.25) is 4.79 Å². The molecule has 0 saturated carbocycles. The number of carbonyl (C=O) groups is 2. The number of nitrogens with zero attached hydrogens (tertiary/aromatic N) is 2. The van der Waals surface area contributed by atoms with E-state index in [-0.39, 0.29) is 24.0 Å². The van der Waals surface area contributed by atoms with Crippen LogP contribution in [0.1, 0.15) is 46.5 Å². The van der Waals surface area contributed by atoms with Gasteiger partial charge in [-0.1, -0.05) is 0 Å². The largest absolute Gasteiger partial charge is 0.444 e. The molecule has 1 N–H and O–H groups in total. The molecule has 26 heavy (non-hydrogen) atoms. The molecule has 2 saturated heterocycles. The highest BCUT2D eigenvalue weighted by Gasteiger charge is 2.32. The molecule has 2 fully saturated rings. The third kappa shape index (κ3) is 6.12. The van der Waals surface area contributed by atoms with Gasteiger partial charge >= 0.3 is 6.09 Å². The molecule has 0 aromatic rings. The van der Waals surface area contributed by atoms with E-state index in [0.29, 0.717) is 39.0 Å². The van der Waals surface area contributed by atoms with Crippen LogP contribution >= 0.6 is 0 Å². The minimum absolute atomic E-state index is 0.0470. The lowest BCUT2D eigenvalue weighted by Gasteiger charge is -2.35. The third-order valence-corrected chi connectivity index (χ3v) is 5.99. The Labute approximate surface area is 156 Å². The molecule has 2 heterocycles. The monoisotopic (exact) mass is 389 g/mol. The molecule has 0 bridgehead atoms. The Bertz CT molecular complexity index is 621. The molecule has 9 heteroatoms. The van der Waals surface area contributed by atoms with Gasteiger partial charge < -0.3 is 15.0 Å². The molecule has 0 aromatic carbocycles. The van der Waals surface area contributed by atoms with Gasteiger partial charge in [-0.2, -0.15) is 0 Å². The third-order valence-electron chi connectivity index (χ3n) is 4.72. The first-order chi connectivity index (χ1) is 12.0. The fourth-order valence-electron chi connectivity index (χ4n) is 3.33. The molecule has 2 aliphatic heterocycles. The molecule has 0 aromatic heterocycles. The second kappa shape index (κ2) is 8.12. The second-order valence-corrected chi connectivity index (χ2v) is 10.2. The number of amides is 2. The van der Waals surface area contributed by atoms with Gasteiger partial charge in [-0.15, -0.1) is 0 Å². The summed E-state index contributed by atoms with van der Waals surface area (Å²) >= 11 is 0. The van der Waals surface area contributed by atoms with E-state index in [1.165, 1.54) is 10.6 Å². The fraction of sp³-hybridized carbons (Fsp3) is 0.882. The summed E-state index contributed by atoms with van der Waals surface area (Å²) in [6, 6.07) is -0.144. The average molecular weight is 390 g/mol. The van der Waals surface area contributed by atoms with Crippen molar-refractivity contribution < 1.29 is 22.7 Å². The molecule has 1 atom stereocenters. The summed E-state index contributed by atoms with van der Waals surface area (Å²) in [5.41, 5.74) is -0.530. The van der Waals surface area contributed by atoms with Crippen LogP contribution in [0.4, 0.5) is 4.79 Å². The molecule has 0 spiro atoms. The molecule has 2 amide bonds. The highest BCUT2D eigenvalue weighted by molar-refractivity contribution is 7.88. The van der Waals surface area contributed by atoms with Crippen molar-refractivity contribution >= 4 is 22.0 Å². The van der Waals surface area contributed by atoms with Gasteiger partial charge in [0.2, 0.25) is 15.9 Å². The minimum atomic E-state index is -3.23. The number of hydrogen-bond acceptors (Lipinski definition) is 5. The number of likely N-dealkylation sites (tertiary alicyclic amines) is 1. The first-order valence-electron chi connectivity index (χ1n) is 9.19. The number of nitrogens with one attached hydrogen (secondary N) is 1. The SMILES string of the molecule is CC(C)(C)OC(=O)N1CCC(C(=O)NC2CCCN(S(C)(=O)=O)C2)CC1. The zero-order chi connectivity index (χ0) is 19.5. The van der Waals surface area contributed by atoms with Crippen LogP contribution in [0, 0.1) is 5.92 Å². The van der Waals surface area contributed by atoms with Crippen LogP contribution in [0.2, 0.25) is 0 Å². The lowest BCUT2D eigenvalue weighted by molar-refractivity contribution is -0.127. The maximum atomic E-state index is 12.5. The molecule has 150 valence electrons. The summed E-state index contributed by atoms with van der Waals surface area (Å²) in [7, 11) is -3.23. The van der Waals surface area contributed by atoms with Crippen molar-refractivity contribution in [1.29, 1.82) is 0 Å². The van der Waals surface area contributed by atoms with Crippen LogP contribution in [0.25, 0.3) is 0 Å². The predicted molar refractivity (Wildman–Crippen MR) is 98.1 cm³/mol. The Morgan fingerprint density at radius 1 is 1.08 bits per heavy atom. The summed E-state index contributed by atoms with van der Waals surface area (Å²) in [5, 5.41) is 2.99. The molecule has 2 rings (SSSR count). The first kappa shape index (κ1) is 21.0. The highest BCUT2D eigenvalue weighted by atomic mass is 32.2. The molecule has 0 aliphatic carbocycles. The summed E-state index contributed by atoms with van der Waals surface area (Å²) in [6.07, 6.45) is 3.57. The lowest BCUT2D eigenvalue weighted by atomic mass is 9.95. The van der Waals surface area contributed by atoms with E-state index < -0.39 is 15.6 Å². The predicted octanol–water partition coefficient (Wildman–Crippen LogP) is 1.17. The maximum Gasteiger partial charge on any atom is 0.410 e. The minimum Gasteiger partial charge on any atom is -0.444 e. The van der Waals surface area contributed by atoms with Gasteiger partial charge in [0.05, 0.1) is 6.26 Å². The summed E-state index contributed by atoms with van der Waals surface area (Å²) < 4.78 is 30.1. The number of piperidine rings is 2. The standard InChI is InChI=1S/C17H31N3O5S/c1-17(2,3)25-16(22)19-10-7-13(8-11-19)15(21)18-14-6-5-9-20(12-14)26(4,23)24/h13-14H,5-12H2,1-4H3,(H,18,21). The van der Waals surface area contributed by atoms with Crippen LogP contribution in [-0.2, 0) is 19.6 Å². The van der Waals surface area contributed by atoms with Gasteiger partial charge in [-0.25, -0.2) is 17.5 Å². The molecule has 0 radical (unpaired) electrons. The van der Waals surface area contributed by atoms with Crippen LogP contribution in [-0.4, -0.2) is 73.7 Å². The molecule has 8 nitrogen and oxygen atoms in total. The number of ether oxygens (including phenoxy) is 1. The Morgan fingerprint density at radius 3 is 2.23 bits per heavy atom. The van der Waals surface area contributed by atoms with Crippen molar-refractivity contribution in [2.75, 3.05) is 32.4 Å². The Balaban J connectivity index is 1.80. The molecule has 2 aliphatic rings. The fourth-order valence-corrected chi connectivity index (χ4v) is 4.24. The van der Waals surface area contributed by atoms with E-state index in [4.69, 9.17) is 4.74 Å². The Hall–Kier alpha value is -1.35. The van der Waals surface area contributed by atoms with Crippen molar-refractivity contribution in [2.24, 2.45) is 5.92 Å². The Kier molecular flexibility index (Phi) is 6.55. The number of rotatable bonds is 3. The average Bonchev–Trinajstić information content (AvgIpc) is 2.53. The van der Waals surface area contributed by atoms with Gasteiger partial charge in [-0.05, 0) is 46.5 Å². The van der Waals surface area contributed by atoms with Crippen molar-refractivity contribution in [3.8, 4) is 0 Å². The number of sulfonamides is 1. The van der Waals surface area contributed by atoms with Crippen molar-refractivity contribution in [3.63, 3.8) is 0 Å². The van der Waals surface area contributed by atoms with E-state index in [2.05, 4.69) is 5.32 Å². The van der Waals surface area contributed by atoms with E-state index in [1.54, 1.807) is 4.90 Å². The second-order valence-electron chi connectivity index (χ2n) is 8.21. The van der Waals surface area contributed by atoms with Crippen LogP contribution < -0.4 is 5.32 Å². The maximum absolute atomic E-state index is 12.5. The Morgan fingerprint density at radius 2 is 1.69 bits per heavy atom. The summed E-state index contributed by atoms with van der Waals surface area (Å²) in [5.74, 6) is -0.198. The van der Waals surface area contributed by atoms with Crippen LogP contribution in [0.3, 0.4) is 0 Å². The summed E-state index contributed by atoms with van der Waals surface area (Å²) in [6.45, 7) is 7.32. The summed E-state index contributed by atoms with van der Waals surface area (Å²) in [4.78, 5) is 26.2. The van der Waals surface area contributed by atoms with Crippen molar-refractivity contribution in [3.05, 3.63) is 0 Å². The first-order valence-corrected chi connectivity index (χ1v) is 11.0. The highest BCUT2D eigenvalue weighted by Crippen LogP contribution is 2.21. The molecular formula is C17H31N3O5S. The van der Waals surface area contributed by atoms with E-state index >= 15 is 0 Å². The van der Waals surface area contributed by atoms with Crippen molar-refractivity contribution in [1.82, 2.24) is 14.5 Å². The molecular weight excluding hydrogens is 358 g/mol. The zero-order valence-corrected chi connectivity index (χ0v) is 17.0. The van der Waals surface area contributed by atoms with Gasteiger partial charge in [0.25, 0.3) is 0 Å².